The van der Waals surface area contributed by atoms with Gasteiger partial charge in [-0.2, -0.15) is 4.31 Å². The highest BCUT2D eigenvalue weighted by molar-refractivity contribution is 7.89. The van der Waals surface area contributed by atoms with Crippen LogP contribution >= 0.6 is 11.6 Å². The Morgan fingerprint density at radius 3 is 2.25 bits per heavy atom. The Kier molecular flexibility index (Phi) is 7.59. The molecule has 1 saturated heterocycles. The number of nitrogens with zero attached hydrogens (tertiary/aromatic N) is 2. The molecule has 2 aromatic rings. The quantitative estimate of drug-likeness (QED) is 0.687. The monoisotopic (exact) mass is 477 g/mol. The summed E-state index contributed by atoms with van der Waals surface area (Å²) in [4.78, 5) is 26.4. The number of amides is 2. The highest BCUT2D eigenvalue weighted by Crippen LogP contribution is 2.27. The third kappa shape index (κ3) is 5.68. The zero-order valence-electron chi connectivity index (χ0n) is 18.4. The summed E-state index contributed by atoms with van der Waals surface area (Å²) in [6.07, 6.45) is 1.01. The predicted molar refractivity (Wildman–Crippen MR) is 125 cm³/mol. The second-order valence-electron chi connectivity index (χ2n) is 8.48. The maximum absolute atomic E-state index is 13.0. The van der Waals surface area contributed by atoms with Crippen LogP contribution in [-0.4, -0.2) is 56.1 Å². The summed E-state index contributed by atoms with van der Waals surface area (Å²) in [6, 6.07) is 12.7. The van der Waals surface area contributed by atoms with Crippen LogP contribution in [0.25, 0.3) is 0 Å². The second kappa shape index (κ2) is 10.0. The Morgan fingerprint density at radius 2 is 1.66 bits per heavy atom. The Morgan fingerprint density at radius 1 is 1.06 bits per heavy atom. The van der Waals surface area contributed by atoms with Crippen molar-refractivity contribution in [3.63, 3.8) is 0 Å². The number of carbonyl (C=O) groups excluding carboxylic acids is 2. The van der Waals surface area contributed by atoms with E-state index in [-0.39, 0.29) is 23.3 Å². The average Bonchev–Trinajstić information content (AvgIpc) is 2.74. The molecule has 7 nitrogen and oxygen atoms in total. The minimum Gasteiger partial charge on any atom is -0.332 e. The normalized spacial score (nSPS) is 19.4. The summed E-state index contributed by atoms with van der Waals surface area (Å²) in [5.74, 6) is -0.162. The van der Waals surface area contributed by atoms with Gasteiger partial charge in [0, 0.05) is 25.7 Å². The lowest BCUT2D eigenvalue weighted by Gasteiger charge is -2.34. The van der Waals surface area contributed by atoms with Gasteiger partial charge < -0.3 is 10.2 Å². The van der Waals surface area contributed by atoms with E-state index in [2.05, 4.69) is 19.2 Å². The lowest BCUT2D eigenvalue weighted by Crippen LogP contribution is -2.42. The van der Waals surface area contributed by atoms with Gasteiger partial charge in [0.2, 0.25) is 15.9 Å². The first-order valence-corrected chi connectivity index (χ1v) is 12.3. The van der Waals surface area contributed by atoms with Crippen LogP contribution in [-0.2, 0) is 14.8 Å². The fraction of sp³-hybridized carbons (Fsp3) is 0.391. The molecule has 0 saturated carbocycles. The minimum atomic E-state index is -3.62. The fourth-order valence-corrected chi connectivity index (χ4v) is 5.84. The fourth-order valence-electron chi connectivity index (χ4n) is 3.98. The van der Waals surface area contributed by atoms with Crippen LogP contribution in [0.5, 0.6) is 0 Å². The van der Waals surface area contributed by atoms with Crippen LogP contribution in [0.15, 0.2) is 53.4 Å². The van der Waals surface area contributed by atoms with Crippen LogP contribution in [0.1, 0.15) is 30.6 Å². The standard InChI is InChI=1S/C23H28ClN3O4S/c1-16-12-17(2)14-27(13-16)32(30,31)19-10-8-18(9-11-19)23(29)26(3)15-22(28)25-21-7-5-4-6-20(21)24/h4-11,16-17H,12-15H2,1-3H3,(H,25,28)/t16-,17-/m0/s1. The van der Waals surface area contributed by atoms with Crippen molar-refractivity contribution in [2.45, 2.75) is 25.2 Å². The topological polar surface area (TPSA) is 86.8 Å². The molecular formula is C23H28ClN3O4S. The van der Waals surface area contributed by atoms with Crippen molar-refractivity contribution in [1.82, 2.24) is 9.21 Å². The summed E-state index contributed by atoms with van der Waals surface area (Å²) < 4.78 is 27.5. The van der Waals surface area contributed by atoms with Crippen LogP contribution in [0.3, 0.4) is 0 Å². The van der Waals surface area contributed by atoms with E-state index < -0.39 is 10.0 Å². The van der Waals surface area contributed by atoms with E-state index in [0.717, 1.165) is 6.42 Å². The molecule has 1 fully saturated rings. The van der Waals surface area contributed by atoms with Gasteiger partial charge in [0.15, 0.2) is 0 Å². The lowest BCUT2D eigenvalue weighted by atomic mass is 9.94. The van der Waals surface area contributed by atoms with Gasteiger partial charge in [-0.25, -0.2) is 8.42 Å². The first-order valence-electron chi connectivity index (χ1n) is 10.5. The number of piperidine rings is 1. The van der Waals surface area contributed by atoms with Gasteiger partial charge in [-0.05, 0) is 54.7 Å². The number of hydrogen-bond acceptors (Lipinski definition) is 4. The van der Waals surface area contributed by atoms with E-state index in [9.17, 15) is 18.0 Å². The van der Waals surface area contributed by atoms with E-state index in [1.54, 1.807) is 24.3 Å². The molecule has 2 atom stereocenters. The molecule has 9 heteroatoms. The predicted octanol–water partition coefficient (Wildman–Crippen LogP) is 3.72. The zero-order chi connectivity index (χ0) is 23.5. The van der Waals surface area contributed by atoms with Gasteiger partial charge in [-0.1, -0.05) is 37.6 Å². The van der Waals surface area contributed by atoms with Crippen molar-refractivity contribution in [1.29, 1.82) is 0 Å². The lowest BCUT2D eigenvalue weighted by molar-refractivity contribution is -0.116. The minimum absolute atomic E-state index is 0.162. The Balaban J connectivity index is 1.65. The van der Waals surface area contributed by atoms with Gasteiger partial charge >= 0.3 is 0 Å². The molecule has 0 bridgehead atoms. The Bertz CT molecular complexity index is 1080. The maximum Gasteiger partial charge on any atom is 0.254 e. The molecule has 1 N–H and O–H groups in total. The summed E-state index contributed by atoms with van der Waals surface area (Å²) >= 11 is 6.04. The zero-order valence-corrected chi connectivity index (χ0v) is 20.0. The molecule has 2 amide bonds. The van der Waals surface area contributed by atoms with E-state index in [1.807, 2.05) is 0 Å². The van der Waals surface area contributed by atoms with Crippen molar-refractivity contribution < 1.29 is 18.0 Å². The smallest absolute Gasteiger partial charge is 0.254 e. The SMILES string of the molecule is C[C@H]1C[C@H](C)CN(S(=O)(=O)c2ccc(C(=O)N(C)CC(=O)Nc3ccccc3Cl)cc2)C1. The highest BCUT2D eigenvalue weighted by Gasteiger charge is 2.31. The molecule has 32 heavy (non-hydrogen) atoms. The maximum atomic E-state index is 13.0. The van der Waals surface area contributed by atoms with Crippen molar-refractivity contribution in [3.8, 4) is 0 Å². The molecule has 0 radical (unpaired) electrons. The number of hydrogen-bond donors (Lipinski definition) is 1. The van der Waals surface area contributed by atoms with E-state index in [4.69, 9.17) is 11.6 Å². The molecule has 0 spiro atoms. The second-order valence-corrected chi connectivity index (χ2v) is 10.8. The molecule has 1 heterocycles. The van der Waals surface area contributed by atoms with Crippen LogP contribution in [0.4, 0.5) is 5.69 Å². The summed E-state index contributed by atoms with van der Waals surface area (Å²) in [5.41, 5.74) is 0.772. The summed E-state index contributed by atoms with van der Waals surface area (Å²) in [5, 5.41) is 3.08. The van der Waals surface area contributed by atoms with Crippen molar-refractivity contribution in [2.24, 2.45) is 11.8 Å². The third-order valence-corrected chi connectivity index (χ3v) is 7.63. The number of benzene rings is 2. The van der Waals surface area contributed by atoms with Crippen molar-refractivity contribution in [3.05, 3.63) is 59.1 Å². The number of carbonyl (C=O) groups is 2. The molecule has 172 valence electrons. The third-order valence-electron chi connectivity index (χ3n) is 5.45. The average molecular weight is 478 g/mol. The first kappa shape index (κ1) is 24.2. The molecule has 2 aromatic carbocycles. The van der Waals surface area contributed by atoms with E-state index in [0.29, 0.717) is 41.2 Å². The number of likely N-dealkylation sites (N-methyl/N-ethyl adjacent to an activating group) is 1. The Labute approximate surface area is 194 Å². The van der Waals surface area contributed by atoms with Crippen molar-refractivity contribution >= 4 is 39.1 Å². The van der Waals surface area contributed by atoms with Crippen molar-refractivity contribution in [2.75, 3.05) is 32.0 Å². The summed E-state index contributed by atoms with van der Waals surface area (Å²) in [6.45, 7) is 4.93. The van der Waals surface area contributed by atoms with Crippen LogP contribution in [0.2, 0.25) is 5.02 Å². The largest absolute Gasteiger partial charge is 0.332 e. The van der Waals surface area contributed by atoms with Crippen LogP contribution in [0, 0.1) is 11.8 Å². The van der Waals surface area contributed by atoms with Gasteiger partial charge in [-0.15, -0.1) is 0 Å². The van der Waals surface area contributed by atoms with Gasteiger partial charge in [0.1, 0.15) is 0 Å². The highest BCUT2D eigenvalue weighted by atomic mass is 35.5. The summed E-state index contributed by atoms with van der Waals surface area (Å²) in [7, 11) is -2.11. The first-order chi connectivity index (χ1) is 15.1. The van der Waals surface area contributed by atoms with E-state index >= 15 is 0 Å². The number of sulfonamides is 1. The van der Waals surface area contributed by atoms with E-state index in [1.165, 1.54) is 40.5 Å². The number of para-hydroxylation sites is 1. The van der Waals surface area contributed by atoms with Gasteiger partial charge in [0.25, 0.3) is 5.91 Å². The number of nitrogens with one attached hydrogen (secondary N) is 1. The number of anilines is 1. The molecule has 0 aromatic heterocycles. The number of halogens is 1. The number of rotatable bonds is 6. The Hall–Kier alpha value is -2.42. The molecule has 0 unspecified atom stereocenters. The molecule has 1 aliphatic rings. The molecular weight excluding hydrogens is 450 g/mol. The molecule has 3 rings (SSSR count). The van der Waals surface area contributed by atoms with Gasteiger partial charge in [-0.3, -0.25) is 9.59 Å². The van der Waals surface area contributed by atoms with Crippen LogP contribution < -0.4 is 5.32 Å². The van der Waals surface area contributed by atoms with Gasteiger partial charge in [0.05, 0.1) is 22.2 Å². The molecule has 0 aliphatic carbocycles. The molecule has 1 aliphatic heterocycles.